The van der Waals surface area contributed by atoms with Crippen LogP contribution in [0.2, 0.25) is 0 Å². The van der Waals surface area contributed by atoms with E-state index in [2.05, 4.69) is 10.9 Å². The van der Waals surface area contributed by atoms with Crippen LogP contribution >= 0.6 is 24.0 Å². The van der Waals surface area contributed by atoms with Crippen LogP contribution in [0.4, 0.5) is 0 Å². The zero-order valence-electron chi connectivity index (χ0n) is 17.8. The first-order valence-corrected chi connectivity index (χ1v) is 11.6. The average Bonchev–Trinajstić information content (AvgIpc) is 3.06. The van der Waals surface area contributed by atoms with Gasteiger partial charge in [-0.05, 0) is 43.5 Å². The van der Waals surface area contributed by atoms with Crippen LogP contribution in [0.3, 0.4) is 0 Å². The highest BCUT2D eigenvalue weighted by Crippen LogP contribution is 2.32. The van der Waals surface area contributed by atoms with E-state index in [0.29, 0.717) is 34.2 Å². The van der Waals surface area contributed by atoms with Crippen molar-refractivity contribution in [1.29, 1.82) is 0 Å². The molecule has 1 aliphatic heterocycles. The third-order valence-electron chi connectivity index (χ3n) is 4.89. The van der Waals surface area contributed by atoms with Crippen molar-refractivity contribution in [3.8, 4) is 0 Å². The molecule has 0 spiro atoms. The van der Waals surface area contributed by atoms with E-state index in [1.807, 2.05) is 43.3 Å². The van der Waals surface area contributed by atoms with Gasteiger partial charge in [0.15, 0.2) is 0 Å². The first kappa shape index (κ1) is 23.7. The maximum absolute atomic E-state index is 12.7. The van der Waals surface area contributed by atoms with E-state index in [4.69, 9.17) is 12.2 Å². The van der Waals surface area contributed by atoms with Crippen LogP contribution in [-0.2, 0) is 9.59 Å². The quantitative estimate of drug-likeness (QED) is 0.263. The molecule has 0 aromatic heterocycles. The van der Waals surface area contributed by atoms with Crippen molar-refractivity contribution in [1.82, 2.24) is 15.8 Å². The normalized spacial score (nSPS) is 14.7. The van der Waals surface area contributed by atoms with Crippen molar-refractivity contribution in [3.63, 3.8) is 0 Å². The number of thiocarbonyl (C=S) groups is 1. The lowest BCUT2D eigenvalue weighted by Gasteiger charge is -2.14. The Hall–Kier alpha value is -2.97. The van der Waals surface area contributed by atoms with E-state index in [9.17, 15) is 14.4 Å². The van der Waals surface area contributed by atoms with Gasteiger partial charge in [-0.3, -0.25) is 30.1 Å². The molecule has 3 amide bonds. The number of rotatable bonds is 8. The number of hydrazine groups is 1. The molecule has 32 heavy (non-hydrogen) atoms. The molecule has 3 rings (SSSR count). The summed E-state index contributed by atoms with van der Waals surface area (Å²) in [7, 11) is 0. The topological polar surface area (TPSA) is 78.5 Å². The minimum atomic E-state index is -0.355. The molecular formula is C24H25N3O3S2. The van der Waals surface area contributed by atoms with Crippen molar-refractivity contribution >= 4 is 52.1 Å². The van der Waals surface area contributed by atoms with Crippen molar-refractivity contribution in [3.05, 3.63) is 76.2 Å². The number of hydrogen-bond acceptors (Lipinski definition) is 5. The van der Waals surface area contributed by atoms with Gasteiger partial charge in [-0.25, -0.2) is 0 Å². The molecule has 0 radical (unpaired) electrons. The van der Waals surface area contributed by atoms with Gasteiger partial charge in [-0.2, -0.15) is 0 Å². The summed E-state index contributed by atoms with van der Waals surface area (Å²) in [6, 6.07) is 16.7. The molecule has 0 bridgehead atoms. The fraction of sp³-hybridized carbons (Fsp3) is 0.250. The molecule has 2 aromatic carbocycles. The Morgan fingerprint density at radius 3 is 2.44 bits per heavy atom. The second-order valence-corrected chi connectivity index (χ2v) is 9.10. The largest absolute Gasteiger partial charge is 0.293 e. The van der Waals surface area contributed by atoms with Crippen LogP contribution < -0.4 is 10.9 Å². The molecule has 0 atom stereocenters. The second kappa shape index (κ2) is 11.6. The summed E-state index contributed by atoms with van der Waals surface area (Å²) in [5.74, 6) is -0.671. The highest BCUT2D eigenvalue weighted by molar-refractivity contribution is 8.26. The molecule has 8 heteroatoms. The Kier molecular flexibility index (Phi) is 8.58. The Balaban J connectivity index is 1.36. The summed E-state index contributed by atoms with van der Waals surface area (Å²) < 4.78 is 0.565. The maximum atomic E-state index is 12.7. The smallest absolute Gasteiger partial charge is 0.269 e. The van der Waals surface area contributed by atoms with Gasteiger partial charge in [0.1, 0.15) is 4.32 Å². The van der Waals surface area contributed by atoms with Crippen molar-refractivity contribution in [2.24, 2.45) is 0 Å². The predicted molar refractivity (Wildman–Crippen MR) is 132 cm³/mol. The van der Waals surface area contributed by atoms with Crippen LogP contribution in [0.1, 0.15) is 47.2 Å². The number of carbonyl (C=O) groups is 3. The summed E-state index contributed by atoms with van der Waals surface area (Å²) in [5.41, 5.74) is 7.45. The van der Waals surface area contributed by atoms with Gasteiger partial charge in [0.2, 0.25) is 5.91 Å². The van der Waals surface area contributed by atoms with Gasteiger partial charge in [0, 0.05) is 18.5 Å². The fourth-order valence-electron chi connectivity index (χ4n) is 3.09. The molecule has 0 aliphatic carbocycles. The zero-order valence-corrected chi connectivity index (χ0v) is 19.4. The number of thioether (sulfide) groups is 1. The summed E-state index contributed by atoms with van der Waals surface area (Å²) in [6.07, 6.45) is 4.33. The lowest BCUT2D eigenvalue weighted by Crippen LogP contribution is -2.41. The first-order chi connectivity index (χ1) is 15.4. The molecule has 2 aromatic rings. The number of benzene rings is 2. The Morgan fingerprint density at radius 1 is 1.00 bits per heavy atom. The molecule has 166 valence electrons. The summed E-state index contributed by atoms with van der Waals surface area (Å²) in [6.45, 7) is 2.55. The van der Waals surface area contributed by atoms with Gasteiger partial charge in [0.25, 0.3) is 11.8 Å². The van der Waals surface area contributed by atoms with Crippen molar-refractivity contribution < 1.29 is 14.4 Å². The van der Waals surface area contributed by atoms with E-state index in [0.717, 1.165) is 18.4 Å². The molecule has 0 saturated carbocycles. The van der Waals surface area contributed by atoms with Crippen LogP contribution in [0.25, 0.3) is 6.08 Å². The number of aryl methyl sites for hydroxylation is 1. The minimum absolute atomic E-state index is 0.0676. The number of nitrogens with zero attached hydrogens (tertiary/aromatic N) is 1. The standard InChI is InChI=1S/C24H25N3O3S2/c1-17-11-13-18(14-12-17)16-20-23(30)27(24(31)32-20)15-7-3-6-10-21(28)25-26-22(29)19-8-4-2-5-9-19/h2,4-5,8-9,11-14,16H,3,6-7,10,15H2,1H3,(H,25,28)(H,26,29)/b20-16-. The molecule has 1 aliphatic rings. The molecule has 6 nitrogen and oxygen atoms in total. The van der Waals surface area contributed by atoms with Crippen LogP contribution in [0, 0.1) is 6.92 Å². The number of unbranched alkanes of at least 4 members (excludes halogenated alkanes) is 2. The van der Waals surface area contributed by atoms with E-state index in [-0.39, 0.29) is 17.7 Å². The second-order valence-electron chi connectivity index (χ2n) is 7.42. The van der Waals surface area contributed by atoms with Crippen molar-refractivity contribution in [2.45, 2.75) is 32.6 Å². The van der Waals surface area contributed by atoms with Gasteiger partial charge < -0.3 is 0 Å². The van der Waals surface area contributed by atoms with Gasteiger partial charge in [0.05, 0.1) is 4.91 Å². The van der Waals surface area contributed by atoms with Crippen molar-refractivity contribution in [2.75, 3.05) is 6.54 Å². The first-order valence-electron chi connectivity index (χ1n) is 10.4. The summed E-state index contributed by atoms with van der Waals surface area (Å²) >= 11 is 6.69. The molecule has 0 unspecified atom stereocenters. The predicted octanol–water partition coefficient (Wildman–Crippen LogP) is 4.22. The van der Waals surface area contributed by atoms with E-state index >= 15 is 0 Å². The van der Waals surface area contributed by atoms with E-state index in [1.165, 1.54) is 17.3 Å². The number of carbonyl (C=O) groups excluding carboxylic acids is 3. The van der Waals surface area contributed by atoms with Gasteiger partial charge >= 0.3 is 0 Å². The minimum Gasteiger partial charge on any atom is -0.293 e. The zero-order chi connectivity index (χ0) is 22.9. The number of nitrogens with one attached hydrogen (secondary N) is 2. The molecular weight excluding hydrogens is 442 g/mol. The molecule has 1 saturated heterocycles. The summed E-state index contributed by atoms with van der Waals surface area (Å²) in [5, 5.41) is 0. The highest BCUT2D eigenvalue weighted by Gasteiger charge is 2.31. The Labute approximate surface area is 197 Å². The Bertz CT molecular complexity index is 1020. The molecule has 1 heterocycles. The lowest BCUT2D eigenvalue weighted by atomic mass is 10.1. The highest BCUT2D eigenvalue weighted by atomic mass is 32.2. The molecule has 2 N–H and O–H groups in total. The number of hydrogen-bond donors (Lipinski definition) is 2. The van der Waals surface area contributed by atoms with Gasteiger partial charge in [-0.15, -0.1) is 0 Å². The van der Waals surface area contributed by atoms with Gasteiger partial charge in [-0.1, -0.05) is 78.4 Å². The molecule has 1 fully saturated rings. The third kappa shape index (κ3) is 6.77. The monoisotopic (exact) mass is 467 g/mol. The lowest BCUT2D eigenvalue weighted by molar-refractivity contribution is -0.123. The van der Waals surface area contributed by atoms with E-state index in [1.54, 1.807) is 29.2 Å². The average molecular weight is 468 g/mol. The third-order valence-corrected chi connectivity index (χ3v) is 6.26. The SMILES string of the molecule is Cc1ccc(/C=C2\SC(=S)N(CCCCCC(=O)NNC(=O)c3ccccc3)C2=O)cc1. The Morgan fingerprint density at radius 2 is 1.72 bits per heavy atom. The summed E-state index contributed by atoms with van der Waals surface area (Å²) in [4.78, 5) is 38.8. The fourth-order valence-corrected chi connectivity index (χ4v) is 4.40. The number of amides is 3. The van der Waals surface area contributed by atoms with Crippen LogP contribution in [0.15, 0.2) is 59.5 Å². The maximum Gasteiger partial charge on any atom is 0.269 e. The van der Waals surface area contributed by atoms with E-state index < -0.39 is 0 Å². The van der Waals surface area contributed by atoms with Crippen LogP contribution in [0.5, 0.6) is 0 Å². The van der Waals surface area contributed by atoms with Crippen LogP contribution in [-0.4, -0.2) is 33.5 Å².